The summed E-state index contributed by atoms with van der Waals surface area (Å²) >= 11 is 1.60. The molecule has 0 fully saturated rings. The number of rotatable bonds is 9. The van der Waals surface area contributed by atoms with E-state index >= 15 is 0 Å². The smallest absolute Gasteiger partial charge is 0.306 e. The van der Waals surface area contributed by atoms with Crippen molar-refractivity contribution in [2.75, 3.05) is 12.8 Å². The normalized spacial score (nSPS) is 11.3. The van der Waals surface area contributed by atoms with Gasteiger partial charge in [-0.2, -0.15) is 0 Å². The fraction of sp³-hybridized carbons (Fsp3) is 0.185. The minimum Gasteiger partial charge on any atom is -0.462 e. The first-order valence-corrected chi connectivity index (χ1v) is 13.6. The number of ether oxygens (including phenoxy) is 1. The molecule has 0 saturated carbocycles. The Kier molecular flexibility index (Phi) is 7.47. The predicted molar refractivity (Wildman–Crippen MR) is 136 cm³/mol. The molecule has 0 spiro atoms. The summed E-state index contributed by atoms with van der Waals surface area (Å²) in [4.78, 5) is 17.9. The third-order valence-corrected chi connectivity index (χ3v) is 11.1. The molecule has 3 nitrogen and oxygen atoms in total. The molecule has 4 aromatic rings. The summed E-state index contributed by atoms with van der Waals surface area (Å²) < 4.78 is 5.77. The van der Waals surface area contributed by atoms with E-state index in [-0.39, 0.29) is 5.97 Å². The third kappa shape index (κ3) is 4.98. The zero-order valence-corrected chi connectivity index (χ0v) is 19.9. The lowest BCUT2D eigenvalue weighted by Crippen LogP contribution is -2.35. The molecule has 0 aliphatic heterocycles. The number of thiazole rings is 1. The quantitative estimate of drug-likeness (QED) is 0.263. The lowest BCUT2D eigenvalue weighted by Gasteiger charge is -2.27. The fourth-order valence-corrected chi connectivity index (χ4v) is 8.89. The number of aromatic nitrogens is 1. The molecule has 5 heteroatoms. The first-order chi connectivity index (χ1) is 15.7. The number of aryl methyl sites for hydroxylation is 2. The van der Waals surface area contributed by atoms with Crippen LogP contribution in [-0.2, 0) is 16.0 Å². The highest BCUT2D eigenvalue weighted by Gasteiger charge is 2.45. The van der Waals surface area contributed by atoms with Gasteiger partial charge >= 0.3 is 5.97 Å². The van der Waals surface area contributed by atoms with Gasteiger partial charge in [0, 0.05) is 4.88 Å². The Labute approximate surface area is 194 Å². The Morgan fingerprint density at radius 3 is 1.78 bits per heavy atom. The van der Waals surface area contributed by atoms with Crippen molar-refractivity contribution >= 4 is 40.5 Å². The average molecular weight is 461 g/mol. The molecule has 4 rings (SSSR count). The number of nitrogens with zero attached hydrogens (tertiary/aromatic N) is 1. The highest BCUT2D eigenvalue weighted by molar-refractivity contribution is 7.95. The monoisotopic (exact) mass is 460 g/mol. The predicted octanol–water partition coefficient (Wildman–Crippen LogP) is 4.92. The second kappa shape index (κ2) is 10.7. The maximum absolute atomic E-state index is 12.5. The molecule has 1 heterocycles. The fourth-order valence-electron chi connectivity index (χ4n) is 4.03. The van der Waals surface area contributed by atoms with E-state index < -0.39 is 7.26 Å². The summed E-state index contributed by atoms with van der Waals surface area (Å²) in [5.41, 5.74) is 2.83. The van der Waals surface area contributed by atoms with Gasteiger partial charge < -0.3 is 4.74 Å². The van der Waals surface area contributed by atoms with E-state index in [2.05, 4.69) is 96.0 Å². The van der Waals surface area contributed by atoms with Crippen LogP contribution in [0.25, 0.3) is 0 Å². The van der Waals surface area contributed by atoms with Crippen LogP contribution in [0.2, 0.25) is 0 Å². The molecular weight excluding hydrogens is 433 g/mol. The molecule has 1 aromatic heterocycles. The van der Waals surface area contributed by atoms with Gasteiger partial charge in [-0.15, -0.1) is 11.3 Å². The molecule has 0 radical (unpaired) electrons. The van der Waals surface area contributed by atoms with Crippen molar-refractivity contribution in [3.05, 3.63) is 107 Å². The van der Waals surface area contributed by atoms with Crippen molar-refractivity contribution < 1.29 is 9.53 Å². The number of hydrogen-bond acceptors (Lipinski definition) is 4. The first-order valence-electron chi connectivity index (χ1n) is 10.8. The molecule has 0 saturated heterocycles. The van der Waals surface area contributed by atoms with Crippen molar-refractivity contribution in [2.45, 2.75) is 19.8 Å². The van der Waals surface area contributed by atoms with Gasteiger partial charge in [0.25, 0.3) is 0 Å². The van der Waals surface area contributed by atoms with Gasteiger partial charge in [-0.05, 0) is 49.7 Å². The molecule has 32 heavy (non-hydrogen) atoms. The number of hydrogen-bond donors (Lipinski definition) is 0. The maximum atomic E-state index is 12.5. The number of benzene rings is 3. The first kappa shape index (κ1) is 22.4. The second-order valence-corrected chi connectivity index (χ2v) is 12.2. The van der Waals surface area contributed by atoms with Crippen LogP contribution in [0.3, 0.4) is 0 Å². The van der Waals surface area contributed by atoms with E-state index in [9.17, 15) is 4.79 Å². The third-order valence-electron chi connectivity index (χ3n) is 5.68. The molecule has 0 bridgehead atoms. The standard InChI is InChI=1S/C27H27NO2PS/c1-22-26(32-21-28-22)17-18-27(29)30-19-20-31(23-11-5-2-6-12-23,24-13-7-3-8-14-24)25-15-9-4-10-16-25/h2-16,21H,17-20H2,1H3/q+1. The Morgan fingerprint density at radius 2 is 1.34 bits per heavy atom. The van der Waals surface area contributed by atoms with Gasteiger partial charge in [-0.25, -0.2) is 4.98 Å². The summed E-state index contributed by atoms with van der Waals surface area (Å²) in [5, 5.41) is 3.90. The molecule has 0 unspecified atom stereocenters. The zero-order chi connectivity index (χ0) is 22.2. The molecule has 0 aliphatic rings. The van der Waals surface area contributed by atoms with Crippen molar-refractivity contribution in [3.63, 3.8) is 0 Å². The topological polar surface area (TPSA) is 39.2 Å². The van der Waals surface area contributed by atoms with E-state index in [1.54, 1.807) is 11.3 Å². The second-order valence-electron chi connectivity index (χ2n) is 7.62. The van der Waals surface area contributed by atoms with E-state index in [1.807, 2.05) is 12.4 Å². The lowest BCUT2D eigenvalue weighted by molar-refractivity contribution is -0.142. The van der Waals surface area contributed by atoms with Gasteiger partial charge in [-0.3, -0.25) is 4.79 Å². The zero-order valence-electron chi connectivity index (χ0n) is 18.2. The van der Waals surface area contributed by atoms with Gasteiger partial charge in [0.05, 0.1) is 17.6 Å². The Hall–Kier alpha value is -2.81. The van der Waals surface area contributed by atoms with Crippen LogP contribution in [0.5, 0.6) is 0 Å². The van der Waals surface area contributed by atoms with Crippen molar-refractivity contribution in [3.8, 4) is 0 Å². The van der Waals surface area contributed by atoms with Gasteiger partial charge in [0.2, 0.25) is 0 Å². The van der Waals surface area contributed by atoms with Crippen molar-refractivity contribution in [2.24, 2.45) is 0 Å². The van der Waals surface area contributed by atoms with Gasteiger partial charge in [0.1, 0.15) is 35.9 Å². The van der Waals surface area contributed by atoms with Crippen LogP contribution in [-0.4, -0.2) is 23.7 Å². The Balaban J connectivity index is 1.58. The Morgan fingerprint density at radius 1 is 0.844 bits per heavy atom. The molecular formula is C27H27NO2PS+. The molecule has 3 aromatic carbocycles. The maximum Gasteiger partial charge on any atom is 0.306 e. The van der Waals surface area contributed by atoms with Crippen LogP contribution < -0.4 is 15.9 Å². The average Bonchev–Trinajstić information content (AvgIpc) is 3.27. The largest absolute Gasteiger partial charge is 0.462 e. The molecule has 0 atom stereocenters. The van der Waals surface area contributed by atoms with Gasteiger partial charge in [0.15, 0.2) is 0 Å². The minimum atomic E-state index is -1.97. The highest BCUT2D eigenvalue weighted by Crippen LogP contribution is 2.54. The Bertz CT molecular complexity index is 1030. The number of carbonyl (C=O) groups excluding carboxylic acids is 1. The van der Waals surface area contributed by atoms with Gasteiger partial charge in [-0.1, -0.05) is 54.6 Å². The summed E-state index contributed by atoms with van der Waals surface area (Å²) in [6.45, 7) is 2.38. The van der Waals surface area contributed by atoms with Crippen LogP contribution >= 0.6 is 18.6 Å². The van der Waals surface area contributed by atoms with E-state index in [4.69, 9.17) is 4.74 Å². The number of esters is 1. The lowest BCUT2D eigenvalue weighted by atomic mass is 10.2. The molecule has 0 aliphatic carbocycles. The highest BCUT2D eigenvalue weighted by atomic mass is 32.1. The minimum absolute atomic E-state index is 0.148. The van der Waals surface area contributed by atoms with Crippen molar-refractivity contribution in [1.29, 1.82) is 0 Å². The van der Waals surface area contributed by atoms with Crippen LogP contribution in [0, 0.1) is 6.92 Å². The van der Waals surface area contributed by atoms with E-state index in [0.29, 0.717) is 19.4 Å². The SMILES string of the molecule is Cc1ncsc1CCC(=O)OCC[P+](c1ccccc1)(c1ccccc1)c1ccccc1. The summed E-state index contributed by atoms with van der Waals surface area (Å²) in [6.07, 6.45) is 1.85. The summed E-state index contributed by atoms with van der Waals surface area (Å²) in [5.74, 6) is -0.148. The molecule has 0 N–H and O–H groups in total. The van der Waals surface area contributed by atoms with Crippen LogP contribution in [0.1, 0.15) is 17.0 Å². The molecule has 162 valence electrons. The summed E-state index contributed by atoms with van der Waals surface area (Å²) in [6, 6.07) is 32.0. The number of carbonyl (C=O) groups is 1. The molecule has 0 amide bonds. The van der Waals surface area contributed by atoms with E-state index in [1.165, 1.54) is 15.9 Å². The van der Waals surface area contributed by atoms with Crippen LogP contribution in [0.4, 0.5) is 0 Å². The van der Waals surface area contributed by atoms with Crippen molar-refractivity contribution in [1.82, 2.24) is 4.98 Å². The van der Waals surface area contributed by atoms with Crippen LogP contribution in [0.15, 0.2) is 96.5 Å². The van der Waals surface area contributed by atoms with E-state index in [0.717, 1.165) is 16.7 Å². The summed E-state index contributed by atoms with van der Waals surface area (Å²) in [7, 11) is -1.97.